The Morgan fingerprint density at radius 2 is 0.460 bits per heavy atom. The van der Waals surface area contributed by atoms with Crippen LogP contribution in [0, 0.1) is 0 Å². The maximum atomic E-state index is 2.60. The first-order chi connectivity index (χ1) is 49.5. The van der Waals surface area contributed by atoms with Gasteiger partial charge in [0.25, 0.3) is 0 Å². The molecule has 14 aromatic carbocycles. The Morgan fingerprint density at radius 1 is 0.210 bits per heavy atom. The summed E-state index contributed by atoms with van der Waals surface area (Å²) in [6, 6.07) is 119. The van der Waals surface area contributed by atoms with E-state index in [1.165, 1.54) is 229 Å². The molecule has 4 aliphatic rings. The van der Waals surface area contributed by atoms with Crippen LogP contribution in [0.15, 0.2) is 315 Å². The van der Waals surface area contributed by atoms with Crippen molar-refractivity contribution in [1.29, 1.82) is 0 Å². The van der Waals surface area contributed by atoms with Gasteiger partial charge in [-0.15, -0.1) is 0 Å². The van der Waals surface area contributed by atoms with E-state index in [0.29, 0.717) is 0 Å². The third kappa shape index (κ3) is 9.52. The molecule has 0 unspecified atom stereocenters. The second-order valence-electron chi connectivity index (χ2n) is 28.6. The molecule has 20 rings (SSSR count). The molecule has 0 aliphatic heterocycles. The van der Waals surface area contributed by atoms with Crippen molar-refractivity contribution in [2.75, 3.05) is 0 Å². The summed E-state index contributed by atoms with van der Waals surface area (Å²) in [6.45, 7) is 0. The van der Waals surface area contributed by atoms with Gasteiger partial charge in [-0.25, -0.2) is 0 Å². The number of fused-ring (bicyclic) bond motifs is 16. The van der Waals surface area contributed by atoms with Crippen LogP contribution in [-0.2, 0) is 10.8 Å². The van der Waals surface area contributed by atoms with Crippen LogP contribution in [0.1, 0.15) is 95.9 Å². The minimum Gasteiger partial charge on any atom is -0.309 e. The summed E-state index contributed by atoms with van der Waals surface area (Å²) in [4.78, 5) is 0. The molecule has 2 saturated carbocycles. The van der Waals surface area contributed by atoms with Gasteiger partial charge in [-0.05, 0) is 233 Å². The largest absolute Gasteiger partial charge is 0.309 e. The molecule has 2 heterocycles. The summed E-state index contributed by atoms with van der Waals surface area (Å²) < 4.78 is 4.75. The van der Waals surface area contributed by atoms with Gasteiger partial charge in [-0.1, -0.05) is 281 Å². The summed E-state index contributed by atoms with van der Waals surface area (Å²) in [7, 11) is 0. The SMILES string of the molecule is C(=C\c1ccc(-c2ccc3c(c2)c2ccccc2n3-c2ccccc2)cc1)/c1ccc(-c2ccc3c(c2)C2(CCCC2)c2cc(-c4ccc5c(c4)C4(CCCC4)c4cc(-c6ccc(/C=C/c7ccc(-c8ccc9c(c8)c8ccccc8n9-c8ccccc8)cc7)cc6)ccc4-5)ccc2-3)cc1. The normalized spacial score (nSPS) is 14.8. The van der Waals surface area contributed by atoms with Gasteiger partial charge >= 0.3 is 0 Å². The van der Waals surface area contributed by atoms with E-state index in [1.807, 2.05) is 0 Å². The Kier molecular flexibility index (Phi) is 13.7. The summed E-state index contributed by atoms with van der Waals surface area (Å²) >= 11 is 0. The number of hydrogen-bond acceptors (Lipinski definition) is 0. The fraction of sp³-hybridized carbons (Fsp3) is 0.102. The highest BCUT2D eigenvalue weighted by Gasteiger charge is 2.47. The number of aromatic nitrogens is 2. The van der Waals surface area contributed by atoms with Gasteiger partial charge in [0.05, 0.1) is 22.1 Å². The molecule has 4 aliphatic carbocycles. The molecule has 2 aromatic heterocycles. The zero-order valence-corrected chi connectivity index (χ0v) is 55.9. The Balaban J connectivity index is 0.519. The van der Waals surface area contributed by atoms with Crippen molar-refractivity contribution in [3.8, 4) is 89.3 Å². The highest BCUT2D eigenvalue weighted by molar-refractivity contribution is 6.12. The fourth-order valence-electron chi connectivity index (χ4n) is 18.3. The molecular weight excluding hydrogens is 1210 g/mol. The van der Waals surface area contributed by atoms with Gasteiger partial charge in [-0.3, -0.25) is 0 Å². The van der Waals surface area contributed by atoms with E-state index in [2.05, 4.69) is 349 Å². The molecule has 0 atom stereocenters. The highest BCUT2D eigenvalue weighted by Crippen LogP contribution is 2.60. The second-order valence-corrected chi connectivity index (χ2v) is 28.6. The molecular formula is C98H72N2. The average Bonchev–Trinajstić information content (AvgIpc) is 1.55. The molecule has 2 fully saturated rings. The minimum atomic E-state index is 0.0352. The van der Waals surface area contributed by atoms with Crippen molar-refractivity contribution in [2.45, 2.75) is 62.2 Å². The van der Waals surface area contributed by atoms with Crippen molar-refractivity contribution >= 4 is 67.9 Å². The van der Waals surface area contributed by atoms with E-state index < -0.39 is 0 Å². The van der Waals surface area contributed by atoms with Crippen molar-refractivity contribution < 1.29 is 0 Å². The number of nitrogens with zero attached hydrogens (tertiary/aromatic N) is 2. The van der Waals surface area contributed by atoms with Crippen LogP contribution in [0.3, 0.4) is 0 Å². The monoisotopic (exact) mass is 1280 g/mol. The molecule has 0 amide bonds. The molecule has 474 valence electrons. The Hall–Kier alpha value is -11.8. The predicted octanol–water partition coefficient (Wildman–Crippen LogP) is 26.2. The number of rotatable bonds is 11. The number of para-hydroxylation sites is 4. The van der Waals surface area contributed by atoms with E-state index in [9.17, 15) is 0 Å². The summed E-state index contributed by atoms with van der Waals surface area (Å²) in [6.07, 6.45) is 18.8. The lowest BCUT2D eigenvalue weighted by atomic mass is 9.75. The van der Waals surface area contributed by atoms with Gasteiger partial charge < -0.3 is 9.13 Å². The zero-order valence-electron chi connectivity index (χ0n) is 55.9. The quantitative estimate of drug-likeness (QED) is 0.114. The van der Waals surface area contributed by atoms with E-state index >= 15 is 0 Å². The van der Waals surface area contributed by atoms with E-state index in [1.54, 1.807) is 0 Å². The Morgan fingerprint density at radius 3 is 0.780 bits per heavy atom. The van der Waals surface area contributed by atoms with Gasteiger partial charge in [0, 0.05) is 43.7 Å². The molecule has 16 aromatic rings. The van der Waals surface area contributed by atoms with Gasteiger partial charge in [0.2, 0.25) is 0 Å². The first-order valence-corrected chi connectivity index (χ1v) is 36.0. The summed E-state index contributed by atoms with van der Waals surface area (Å²) in [5.74, 6) is 0. The topological polar surface area (TPSA) is 9.86 Å². The molecule has 100 heavy (non-hydrogen) atoms. The van der Waals surface area contributed by atoms with E-state index in [0.717, 1.165) is 0 Å². The third-order valence-corrected chi connectivity index (χ3v) is 23.3. The number of benzene rings is 14. The van der Waals surface area contributed by atoms with Crippen molar-refractivity contribution in [2.24, 2.45) is 0 Å². The predicted molar refractivity (Wildman–Crippen MR) is 422 cm³/mol. The van der Waals surface area contributed by atoms with Crippen LogP contribution in [0.5, 0.6) is 0 Å². The van der Waals surface area contributed by atoms with Crippen LogP contribution in [0.25, 0.3) is 157 Å². The lowest BCUT2D eigenvalue weighted by Crippen LogP contribution is -2.21. The molecule has 0 saturated heterocycles. The number of hydrogen-bond donors (Lipinski definition) is 0. The molecule has 0 radical (unpaired) electrons. The molecule has 0 N–H and O–H groups in total. The van der Waals surface area contributed by atoms with Gasteiger partial charge in [-0.2, -0.15) is 0 Å². The first kappa shape index (κ1) is 58.3. The van der Waals surface area contributed by atoms with E-state index in [4.69, 9.17) is 0 Å². The van der Waals surface area contributed by atoms with E-state index in [-0.39, 0.29) is 10.8 Å². The van der Waals surface area contributed by atoms with Crippen molar-refractivity contribution in [3.63, 3.8) is 0 Å². The van der Waals surface area contributed by atoms with Crippen molar-refractivity contribution in [3.05, 3.63) is 360 Å². The zero-order chi connectivity index (χ0) is 65.9. The Labute approximate surface area is 584 Å². The minimum absolute atomic E-state index is 0.0352. The maximum absolute atomic E-state index is 2.60. The smallest absolute Gasteiger partial charge is 0.0541 e. The molecule has 0 bridgehead atoms. The molecule has 2 spiro atoms. The fourth-order valence-corrected chi connectivity index (χ4v) is 18.3. The standard InChI is InChI=1S/C98H72N2/c1-3-15-79(16-4-1)99-93-21-9-7-19-85(93)87-59-73(47-53-95(87)99)69-35-27-65(28-36-69)23-25-67-31-39-71(40-32-67)75-43-49-81-83-51-45-77(63-91(83)97(89(81)61-75)55-11-12-56-97)78-46-52-84-82-50-44-76(62-90(82)98(92(84)64-78)57-13-14-58-98)72-41-33-68(34-42-72)26-24-66-29-37-70(38-30-66)74-48-54-96-88(60-74)86-20-8-10-22-94(86)100(96)80-17-5-2-6-18-80/h1-10,15-54,59-64H,11-14,55-58H2/b25-23+,26-24+. The average molecular weight is 1280 g/mol. The lowest BCUT2D eigenvalue weighted by molar-refractivity contribution is 0.549. The van der Waals surface area contributed by atoms with Gasteiger partial charge in [0.15, 0.2) is 0 Å². The summed E-state index contributed by atoms with van der Waals surface area (Å²) in [5.41, 5.74) is 36.6. The van der Waals surface area contributed by atoms with Crippen molar-refractivity contribution in [1.82, 2.24) is 9.13 Å². The highest BCUT2D eigenvalue weighted by atomic mass is 15.0. The summed E-state index contributed by atoms with van der Waals surface area (Å²) in [5, 5.41) is 5.08. The molecule has 2 heteroatoms. The maximum Gasteiger partial charge on any atom is 0.0541 e. The van der Waals surface area contributed by atoms with Crippen LogP contribution >= 0.6 is 0 Å². The van der Waals surface area contributed by atoms with Crippen LogP contribution in [0.2, 0.25) is 0 Å². The van der Waals surface area contributed by atoms with Crippen LogP contribution in [0.4, 0.5) is 0 Å². The van der Waals surface area contributed by atoms with Crippen LogP contribution in [-0.4, -0.2) is 9.13 Å². The second kappa shape index (κ2) is 23.4. The Bertz CT molecular complexity index is 5590. The molecule has 2 nitrogen and oxygen atoms in total. The third-order valence-electron chi connectivity index (χ3n) is 23.3. The van der Waals surface area contributed by atoms with Gasteiger partial charge in [0.1, 0.15) is 0 Å². The lowest BCUT2D eigenvalue weighted by Gasteiger charge is -2.28. The van der Waals surface area contributed by atoms with Crippen LogP contribution < -0.4 is 0 Å². The first-order valence-electron chi connectivity index (χ1n) is 36.0.